The molecule has 0 aliphatic carbocycles. The number of nitrogens with one attached hydrogen (secondary N) is 2. The molecule has 0 radical (unpaired) electrons. The topological polar surface area (TPSA) is 103 Å². The molecule has 1 aromatic carbocycles. The van der Waals surface area contributed by atoms with E-state index in [1.54, 1.807) is 27.8 Å². The van der Waals surface area contributed by atoms with E-state index in [0.29, 0.717) is 35.2 Å². The number of hydrogen-bond donors (Lipinski definition) is 2. The Balaban J connectivity index is 1.59. The summed E-state index contributed by atoms with van der Waals surface area (Å²) in [5.74, 6) is 1.73. The zero-order valence-corrected chi connectivity index (χ0v) is 21.2. The third kappa shape index (κ3) is 4.10. The fourth-order valence-electron chi connectivity index (χ4n) is 4.66. The van der Waals surface area contributed by atoms with Crippen LogP contribution in [0.15, 0.2) is 41.5 Å². The van der Waals surface area contributed by atoms with Gasteiger partial charge in [0.15, 0.2) is 11.5 Å². The van der Waals surface area contributed by atoms with Crippen LogP contribution >= 0.6 is 0 Å². The molecule has 1 aliphatic rings. The second kappa shape index (κ2) is 8.27. The van der Waals surface area contributed by atoms with E-state index in [0.717, 1.165) is 18.7 Å². The average Bonchev–Trinajstić information content (AvgIpc) is 3.09. The normalized spacial score (nSPS) is 15.3. The summed E-state index contributed by atoms with van der Waals surface area (Å²) in [5, 5.41) is 7.35. The maximum Gasteiger partial charge on any atom is 0.278 e. The molecule has 3 aromatic heterocycles. The lowest BCUT2D eigenvalue weighted by molar-refractivity contribution is 0.382. The predicted molar refractivity (Wildman–Crippen MR) is 138 cm³/mol. The molecule has 0 atom stereocenters. The van der Waals surface area contributed by atoms with Crippen LogP contribution < -0.4 is 16.2 Å². The predicted octanol–water partition coefficient (Wildman–Crippen LogP) is 3.81. The number of fused-ring (bicyclic) bond motifs is 2. The SMILES string of the molecule is CCn1c(=O)c2cnc(Nc3ccc4c(c3)CCNC4(C)C)nc2n1-c1ccnc(C(C)(C)C)n1. The van der Waals surface area contributed by atoms with Gasteiger partial charge in [-0.05, 0) is 57.0 Å². The van der Waals surface area contributed by atoms with E-state index in [2.05, 4.69) is 67.4 Å². The second-order valence-corrected chi connectivity index (χ2v) is 10.6. The Morgan fingerprint density at radius 3 is 2.69 bits per heavy atom. The lowest BCUT2D eigenvalue weighted by atomic mass is 9.85. The van der Waals surface area contributed by atoms with Gasteiger partial charge in [-0.3, -0.25) is 4.79 Å². The largest absolute Gasteiger partial charge is 0.324 e. The van der Waals surface area contributed by atoms with Gasteiger partial charge in [-0.1, -0.05) is 26.8 Å². The third-order valence-corrected chi connectivity index (χ3v) is 6.50. The van der Waals surface area contributed by atoms with Gasteiger partial charge < -0.3 is 10.6 Å². The first kappa shape index (κ1) is 23.2. The second-order valence-electron chi connectivity index (χ2n) is 10.6. The smallest absolute Gasteiger partial charge is 0.278 e. The van der Waals surface area contributed by atoms with Crippen molar-refractivity contribution >= 4 is 22.7 Å². The first-order valence-corrected chi connectivity index (χ1v) is 12.1. The summed E-state index contributed by atoms with van der Waals surface area (Å²) < 4.78 is 3.40. The molecule has 0 saturated carbocycles. The molecule has 4 aromatic rings. The maximum absolute atomic E-state index is 13.1. The molecule has 0 spiro atoms. The third-order valence-electron chi connectivity index (χ3n) is 6.50. The number of aromatic nitrogens is 6. The molecular weight excluding hydrogens is 440 g/mol. The van der Waals surface area contributed by atoms with Crippen LogP contribution in [0.4, 0.5) is 11.6 Å². The number of hydrogen-bond acceptors (Lipinski definition) is 7. The van der Waals surface area contributed by atoms with Crippen LogP contribution in [0.3, 0.4) is 0 Å². The molecule has 0 fully saturated rings. The van der Waals surface area contributed by atoms with E-state index < -0.39 is 0 Å². The van der Waals surface area contributed by atoms with Crippen LogP contribution in [-0.2, 0) is 23.9 Å². The van der Waals surface area contributed by atoms with Gasteiger partial charge in [-0.15, -0.1) is 0 Å². The zero-order chi connectivity index (χ0) is 25.0. The Bertz CT molecular complexity index is 1480. The van der Waals surface area contributed by atoms with Gasteiger partial charge in [-0.25, -0.2) is 24.3 Å². The monoisotopic (exact) mass is 472 g/mol. The molecule has 2 N–H and O–H groups in total. The Morgan fingerprint density at radius 1 is 1.14 bits per heavy atom. The molecule has 1 aliphatic heterocycles. The van der Waals surface area contributed by atoms with E-state index in [4.69, 9.17) is 9.97 Å². The highest BCUT2D eigenvalue weighted by atomic mass is 16.1. The van der Waals surface area contributed by atoms with Gasteiger partial charge in [0.1, 0.15) is 11.2 Å². The Morgan fingerprint density at radius 2 is 1.94 bits per heavy atom. The number of nitrogens with zero attached hydrogens (tertiary/aromatic N) is 6. The standard InChI is InChI=1S/C26H32N8O/c1-7-33-22(35)18-15-28-24(30-17-8-9-19-16(14-17)10-13-29-26(19,5)6)32-21(18)34(33)20-11-12-27-23(31-20)25(2,3)4/h8-9,11-12,14-15,29H,7,10,13H2,1-6H3,(H,28,30,32). The molecule has 0 saturated heterocycles. The highest BCUT2D eigenvalue weighted by Crippen LogP contribution is 2.30. The summed E-state index contributed by atoms with van der Waals surface area (Å²) in [6.45, 7) is 13.9. The van der Waals surface area contributed by atoms with Gasteiger partial charge in [0.25, 0.3) is 5.56 Å². The quantitative estimate of drug-likeness (QED) is 0.465. The van der Waals surface area contributed by atoms with E-state index in [-0.39, 0.29) is 16.5 Å². The van der Waals surface area contributed by atoms with Crippen molar-refractivity contribution in [2.24, 2.45) is 0 Å². The summed E-state index contributed by atoms with van der Waals surface area (Å²) in [6, 6.07) is 8.16. The Labute approximate surface area is 204 Å². The van der Waals surface area contributed by atoms with E-state index >= 15 is 0 Å². The van der Waals surface area contributed by atoms with E-state index in [9.17, 15) is 4.79 Å². The molecule has 182 valence electrons. The molecule has 0 amide bonds. The van der Waals surface area contributed by atoms with Gasteiger partial charge in [-0.2, -0.15) is 4.98 Å². The summed E-state index contributed by atoms with van der Waals surface area (Å²) in [7, 11) is 0. The van der Waals surface area contributed by atoms with Crippen LogP contribution in [0.1, 0.15) is 58.5 Å². The first-order chi connectivity index (χ1) is 16.6. The Hall–Kier alpha value is -3.59. The highest BCUT2D eigenvalue weighted by Gasteiger charge is 2.27. The lowest BCUT2D eigenvalue weighted by Crippen LogP contribution is -2.42. The summed E-state index contributed by atoms with van der Waals surface area (Å²) in [6.07, 6.45) is 4.28. The van der Waals surface area contributed by atoms with Crippen molar-refractivity contribution in [1.29, 1.82) is 0 Å². The van der Waals surface area contributed by atoms with Crippen molar-refractivity contribution in [3.63, 3.8) is 0 Å². The lowest BCUT2D eigenvalue weighted by Gasteiger charge is -2.34. The summed E-state index contributed by atoms with van der Waals surface area (Å²) in [4.78, 5) is 31.5. The van der Waals surface area contributed by atoms with Crippen LogP contribution in [0.5, 0.6) is 0 Å². The van der Waals surface area contributed by atoms with E-state index in [1.807, 2.05) is 13.0 Å². The van der Waals surface area contributed by atoms with Crippen LogP contribution in [0, 0.1) is 0 Å². The summed E-state index contributed by atoms with van der Waals surface area (Å²) >= 11 is 0. The Kier molecular flexibility index (Phi) is 5.47. The van der Waals surface area contributed by atoms with Crippen molar-refractivity contribution in [3.8, 4) is 5.82 Å². The van der Waals surface area contributed by atoms with Gasteiger partial charge in [0.2, 0.25) is 5.95 Å². The molecule has 0 bridgehead atoms. The minimum absolute atomic E-state index is 0.0515. The molecule has 0 unspecified atom stereocenters. The number of anilines is 2. The van der Waals surface area contributed by atoms with Gasteiger partial charge in [0.05, 0.1) is 0 Å². The van der Waals surface area contributed by atoms with Crippen LogP contribution in [0.2, 0.25) is 0 Å². The molecular formula is C26H32N8O. The summed E-state index contributed by atoms with van der Waals surface area (Å²) in [5.41, 5.74) is 3.62. The minimum atomic E-state index is -0.228. The average molecular weight is 473 g/mol. The molecule has 4 heterocycles. The van der Waals surface area contributed by atoms with Gasteiger partial charge >= 0.3 is 0 Å². The van der Waals surface area contributed by atoms with Crippen molar-refractivity contribution in [1.82, 2.24) is 34.6 Å². The fraction of sp³-hybridized carbons (Fsp3) is 0.423. The van der Waals surface area contributed by atoms with E-state index in [1.165, 1.54) is 11.1 Å². The van der Waals surface area contributed by atoms with Gasteiger partial charge in [0, 0.05) is 41.6 Å². The number of rotatable bonds is 4. The van der Waals surface area contributed by atoms with Crippen LogP contribution in [-0.4, -0.2) is 35.8 Å². The van der Waals surface area contributed by atoms with Crippen LogP contribution in [0.25, 0.3) is 16.9 Å². The maximum atomic E-state index is 13.1. The van der Waals surface area contributed by atoms with Crippen molar-refractivity contribution in [2.75, 3.05) is 11.9 Å². The molecule has 35 heavy (non-hydrogen) atoms. The van der Waals surface area contributed by atoms with Crippen molar-refractivity contribution in [2.45, 2.75) is 65.5 Å². The van der Waals surface area contributed by atoms with Crippen molar-refractivity contribution in [3.05, 3.63) is 64.0 Å². The van der Waals surface area contributed by atoms with Crippen molar-refractivity contribution < 1.29 is 0 Å². The number of benzene rings is 1. The molecule has 5 rings (SSSR count). The fourth-order valence-corrected chi connectivity index (χ4v) is 4.66. The zero-order valence-electron chi connectivity index (χ0n) is 21.2. The minimum Gasteiger partial charge on any atom is -0.324 e. The highest BCUT2D eigenvalue weighted by molar-refractivity contribution is 5.77. The first-order valence-electron chi connectivity index (χ1n) is 12.1. The molecule has 9 heteroatoms. The molecule has 9 nitrogen and oxygen atoms in total.